The molecule has 3 rings (SSSR count). The maximum atomic E-state index is 13.2. The summed E-state index contributed by atoms with van der Waals surface area (Å²) in [5.74, 6) is -0.433. The van der Waals surface area contributed by atoms with Crippen LogP contribution in [0.25, 0.3) is 0 Å². The molecule has 2 aromatic rings. The number of thioether (sulfide) groups is 1. The van der Waals surface area contributed by atoms with Gasteiger partial charge in [0.2, 0.25) is 0 Å². The smallest absolute Gasteiger partial charge is 0.162 e. The Morgan fingerprint density at radius 3 is 2.75 bits per heavy atom. The number of hydrogen-bond acceptors (Lipinski definition) is 4. The van der Waals surface area contributed by atoms with Crippen molar-refractivity contribution in [3.8, 4) is 0 Å². The van der Waals surface area contributed by atoms with Crippen molar-refractivity contribution >= 4 is 34.2 Å². The zero-order valence-electron chi connectivity index (χ0n) is 13.1. The van der Waals surface area contributed by atoms with Crippen LogP contribution in [0.3, 0.4) is 0 Å². The number of aliphatic imine (C=N–C) groups is 1. The zero-order valence-corrected chi connectivity index (χ0v) is 14.7. The van der Waals surface area contributed by atoms with E-state index in [1.165, 1.54) is 23.4 Å². The van der Waals surface area contributed by atoms with Crippen molar-refractivity contribution in [3.63, 3.8) is 0 Å². The third kappa shape index (κ3) is 4.27. The predicted molar refractivity (Wildman–Crippen MR) is 99.8 cm³/mol. The zero-order chi connectivity index (χ0) is 16.9. The van der Waals surface area contributed by atoms with Crippen molar-refractivity contribution in [2.75, 3.05) is 11.6 Å². The fourth-order valence-electron chi connectivity index (χ4n) is 2.50. The van der Waals surface area contributed by atoms with Crippen molar-refractivity contribution in [2.45, 2.75) is 18.6 Å². The van der Waals surface area contributed by atoms with E-state index in [0.717, 1.165) is 11.6 Å². The molecule has 1 heterocycles. The third-order valence-electron chi connectivity index (χ3n) is 3.72. The van der Waals surface area contributed by atoms with Crippen molar-refractivity contribution in [2.24, 2.45) is 4.99 Å². The first-order chi connectivity index (χ1) is 11.7. The van der Waals surface area contributed by atoms with Gasteiger partial charge >= 0.3 is 0 Å². The number of hydrazine groups is 1. The highest BCUT2D eigenvalue weighted by Gasteiger charge is 2.24. The Bertz CT molecular complexity index is 726. The number of benzene rings is 2. The van der Waals surface area contributed by atoms with E-state index < -0.39 is 5.82 Å². The summed E-state index contributed by atoms with van der Waals surface area (Å²) in [5, 5.41) is 4.00. The molecule has 0 radical (unpaired) electrons. The summed E-state index contributed by atoms with van der Waals surface area (Å²) in [4.78, 5) is 4.68. The molecule has 1 saturated heterocycles. The molecule has 0 aromatic heterocycles. The summed E-state index contributed by atoms with van der Waals surface area (Å²) in [7, 11) is 0. The van der Waals surface area contributed by atoms with Crippen LogP contribution >= 0.6 is 23.4 Å². The number of anilines is 1. The van der Waals surface area contributed by atoms with Crippen molar-refractivity contribution in [1.82, 2.24) is 10.9 Å². The largest absolute Gasteiger partial charge is 0.335 e. The second-order valence-corrected chi connectivity index (χ2v) is 6.60. The Labute approximate surface area is 149 Å². The van der Waals surface area contributed by atoms with Crippen LogP contribution in [0.5, 0.6) is 0 Å². The van der Waals surface area contributed by atoms with Gasteiger partial charge in [-0.25, -0.2) is 20.2 Å². The van der Waals surface area contributed by atoms with Gasteiger partial charge in [0.05, 0.1) is 5.02 Å². The first-order valence-electron chi connectivity index (χ1n) is 7.55. The van der Waals surface area contributed by atoms with Gasteiger partial charge in [0, 0.05) is 18.2 Å². The van der Waals surface area contributed by atoms with Crippen LogP contribution in [0, 0.1) is 5.82 Å². The number of halogens is 2. The Balaban J connectivity index is 1.66. The molecule has 0 saturated carbocycles. The molecular formula is C17H18ClFN4S. The van der Waals surface area contributed by atoms with Crippen LogP contribution in [0.1, 0.15) is 18.0 Å². The molecule has 7 heteroatoms. The molecule has 1 fully saturated rings. The van der Waals surface area contributed by atoms with Crippen LogP contribution in [0.15, 0.2) is 53.5 Å². The third-order valence-corrected chi connectivity index (χ3v) is 4.61. The molecule has 126 valence electrons. The predicted octanol–water partition coefficient (Wildman–Crippen LogP) is 4.18. The second-order valence-electron chi connectivity index (χ2n) is 5.40. The summed E-state index contributed by atoms with van der Waals surface area (Å²) < 4.78 is 13.2. The van der Waals surface area contributed by atoms with E-state index in [9.17, 15) is 4.39 Å². The Morgan fingerprint density at radius 2 is 2.04 bits per heavy atom. The van der Waals surface area contributed by atoms with E-state index in [1.54, 1.807) is 12.1 Å². The van der Waals surface area contributed by atoms with E-state index in [2.05, 4.69) is 33.3 Å². The Hall–Kier alpha value is -1.60. The average molecular weight is 365 g/mol. The van der Waals surface area contributed by atoms with Gasteiger partial charge in [0.25, 0.3) is 0 Å². The summed E-state index contributed by atoms with van der Waals surface area (Å²) in [5.41, 5.74) is 8.40. The lowest BCUT2D eigenvalue weighted by molar-refractivity contribution is 0.553. The SMILES string of the molecule is CS/C(=N\C1CC(c2ccccc2)NN1)Nc1ccc(F)c(Cl)c1. The van der Waals surface area contributed by atoms with E-state index >= 15 is 0 Å². The summed E-state index contributed by atoms with van der Waals surface area (Å²) in [6.45, 7) is 0. The summed E-state index contributed by atoms with van der Waals surface area (Å²) >= 11 is 7.31. The highest BCUT2D eigenvalue weighted by atomic mass is 35.5. The lowest BCUT2D eigenvalue weighted by atomic mass is 10.1. The second kappa shape index (κ2) is 7.98. The lowest BCUT2D eigenvalue weighted by Gasteiger charge is -2.11. The van der Waals surface area contributed by atoms with Gasteiger partial charge in [0.1, 0.15) is 12.0 Å². The number of amidine groups is 1. The fraction of sp³-hybridized carbons (Fsp3) is 0.235. The van der Waals surface area contributed by atoms with Crippen LogP contribution in [-0.2, 0) is 0 Å². The first kappa shape index (κ1) is 17.2. The van der Waals surface area contributed by atoms with Crippen LogP contribution in [0.2, 0.25) is 5.02 Å². The van der Waals surface area contributed by atoms with E-state index in [1.807, 2.05) is 24.5 Å². The van der Waals surface area contributed by atoms with Crippen molar-refractivity contribution in [1.29, 1.82) is 0 Å². The van der Waals surface area contributed by atoms with E-state index in [0.29, 0.717) is 5.69 Å². The molecule has 0 bridgehead atoms. The quantitative estimate of drug-likeness (QED) is 0.565. The van der Waals surface area contributed by atoms with Gasteiger partial charge in [-0.15, -0.1) is 0 Å². The highest BCUT2D eigenvalue weighted by molar-refractivity contribution is 8.13. The van der Waals surface area contributed by atoms with Gasteiger partial charge in [-0.3, -0.25) is 0 Å². The number of nitrogens with zero attached hydrogens (tertiary/aromatic N) is 1. The molecule has 2 atom stereocenters. The van der Waals surface area contributed by atoms with Crippen LogP contribution in [0.4, 0.5) is 10.1 Å². The van der Waals surface area contributed by atoms with Gasteiger partial charge in [0.15, 0.2) is 5.17 Å². The molecule has 0 spiro atoms. The normalized spacial score (nSPS) is 21.0. The number of hydrogen-bond donors (Lipinski definition) is 3. The molecule has 2 aromatic carbocycles. The van der Waals surface area contributed by atoms with Crippen molar-refractivity contribution < 1.29 is 4.39 Å². The number of nitrogens with one attached hydrogen (secondary N) is 3. The standard InChI is InChI=1S/C17H18ClFN4S/c1-24-17(20-12-7-8-14(19)13(18)9-12)21-16-10-15(22-23-16)11-5-3-2-4-6-11/h2-9,15-16,22-23H,10H2,1H3,(H,20,21). The molecule has 3 N–H and O–H groups in total. The van der Waals surface area contributed by atoms with Crippen LogP contribution in [-0.4, -0.2) is 17.6 Å². The van der Waals surface area contributed by atoms with Gasteiger partial charge < -0.3 is 5.32 Å². The average Bonchev–Trinajstić information content (AvgIpc) is 3.07. The summed E-state index contributed by atoms with van der Waals surface area (Å²) in [6, 6.07) is 15.0. The van der Waals surface area contributed by atoms with E-state index in [-0.39, 0.29) is 17.2 Å². The molecule has 1 aliphatic rings. The molecule has 0 aliphatic carbocycles. The van der Waals surface area contributed by atoms with Crippen LogP contribution < -0.4 is 16.2 Å². The van der Waals surface area contributed by atoms with E-state index in [4.69, 9.17) is 11.6 Å². The first-order valence-corrected chi connectivity index (χ1v) is 9.16. The lowest BCUT2D eigenvalue weighted by Crippen LogP contribution is -2.30. The molecule has 4 nitrogen and oxygen atoms in total. The summed E-state index contributed by atoms with van der Waals surface area (Å²) in [6.07, 6.45) is 2.74. The Morgan fingerprint density at radius 1 is 1.25 bits per heavy atom. The molecule has 24 heavy (non-hydrogen) atoms. The topological polar surface area (TPSA) is 48.5 Å². The van der Waals surface area contributed by atoms with Gasteiger partial charge in [-0.2, -0.15) is 0 Å². The van der Waals surface area contributed by atoms with Crippen molar-refractivity contribution in [3.05, 3.63) is 64.9 Å². The molecular weight excluding hydrogens is 347 g/mol. The molecule has 1 aliphatic heterocycles. The molecule has 0 amide bonds. The Kier molecular flexibility index (Phi) is 5.73. The maximum absolute atomic E-state index is 13.2. The monoisotopic (exact) mass is 364 g/mol. The number of rotatable bonds is 3. The minimum Gasteiger partial charge on any atom is -0.335 e. The minimum atomic E-state index is -0.433. The highest BCUT2D eigenvalue weighted by Crippen LogP contribution is 2.24. The van der Waals surface area contributed by atoms with Gasteiger partial charge in [-0.05, 0) is 30.0 Å². The fourth-order valence-corrected chi connectivity index (χ4v) is 3.14. The minimum absolute atomic E-state index is 0.0407. The molecule has 2 unspecified atom stereocenters. The maximum Gasteiger partial charge on any atom is 0.162 e. The van der Waals surface area contributed by atoms with Gasteiger partial charge in [-0.1, -0.05) is 53.7 Å².